The van der Waals surface area contributed by atoms with Crippen LogP contribution in [0.15, 0.2) is 34.9 Å². The Morgan fingerprint density at radius 2 is 2.10 bits per heavy atom. The second-order valence-electron chi connectivity index (χ2n) is 4.62. The predicted octanol–water partition coefficient (Wildman–Crippen LogP) is 1.20. The van der Waals surface area contributed by atoms with Gasteiger partial charge in [-0.1, -0.05) is 23.4 Å². The lowest BCUT2D eigenvalue weighted by atomic mass is 10.3. The molecule has 0 spiro atoms. The Morgan fingerprint density at radius 1 is 1.29 bits per heavy atom. The predicted molar refractivity (Wildman–Crippen MR) is 73.4 cm³/mol. The van der Waals surface area contributed by atoms with Crippen LogP contribution in [0.25, 0.3) is 5.69 Å². The topological polar surface area (TPSA) is 94.5 Å². The summed E-state index contributed by atoms with van der Waals surface area (Å²) >= 11 is 0. The number of nitrogens with zero attached hydrogens (tertiary/aromatic N) is 6. The molecule has 2 heterocycles. The van der Waals surface area contributed by atoms with Gasteiger partial charge in [0.1, 0.15) is 0 Å². The molecule has 0 bridgehead atoms. The molecule has 0 radical (unpaired) electrons. The van der Waals surface area contributed by atoms with Gasteiger partial charge in [0.15, 0.2) is 11.6 Å². The van der Waals surface area contributed by atoms with Gasteiger partial charge in [-0.3, -0.25) is 5.32 Å². The van der Waals surface area contributed by atoms with Crippen molar-refractivity contribution in [1.82, 2.24) is 35.7 Å². The maximum absolute atomic E-state index is 5.06. The van der Waals surface area contributed by atoms with Gasteiger partial charge in [0.05, 0.1) is 18.3 Å². The van der Waals surface area contributed by atoms with Crippen molar-refractivity contribution in [2.45, 2.75) is 26.4 Å². The van der Waals surface area contributed by atoms with Gasteiger partial charge in [-0.2, -0.15) is 9.67 Å². The van der Waals surface area contributed by atoms with Crippen LogP contribution in [0.3, 0.4) is 0 Å². The molecular formula is C13H15N7O. The first-order chi connectivity index (χ1) is 10.2. The minimum absolute atomic E-state index is 0.0626. The maximum Gasteiger partial charge on any atom is 0.240 e. The van der Waals surface area contributed by atoms with Crippen LogP contribution in [0, 0.1) is 6.92 Å². The first kappa shape index (κ1) is 13.4. The molecule has 108 valence electrons. The van der Waals surface area contributed by atoms with Gasteiger partial charge in [0.25, 0.3) is 0 Å². The molecule has 3 aromatic rings. The molecule has 8 nitrogen and oxygen atoms in total. The summed E-state index contributed by atoms with van der Waals surface area (Å²) < 4.78 is 6.77. The van der Waals surface area contributed by atoms with E-state index in [0.717, 1.165) is 11.5 Å². The third kappa shape index (κ3) is 2.95. The number of rotatable bonds is 5. The van der Waals surface area contributed by atoms with Crippen molar-refractivity contribution in [3.8, 4) is 5.69 Å². The zero-order valence-corrected chi connectivity index (χ0v) is 11.8. The molecule has 0 amide bonds. The van der Waals surface area contributed by atoms with Gasteiger partial charge in [-0.15, -0.1) is 5.10 Å². The Balaban J connectivity index is 1.73. The van der Waals surface area contributed by atoms with Gasteiger partial charge < -0.3 is 4.52 Å². The van der Waals surface area contributed by atoms with E-state index in [1.807, 2.05) is 37.3 Å². The Kier molecular flexibility index (Phi) is 3.69. The molecular weight excluding hydrogens is 270 g/mol. The summed E-state index contributed by atoms with van der Waals surface area (Å²) in [4.78, 5) is 4.15. The van der Waals surface area contributed by atoms with E-state index >= 15 is 0 Å². The number of aromatic nitrogens is 6. The van der Waals surface area contributed by atoms with Crippen molar-refractivity contribution in [1.29, 1.82) is 0 Å². The van der Waals surface area contributed by atoms with Crippen molar-refractivity contribution in [3.63, 3.8) is 0 Å². The molecule has 0 aliphatic carbocycles. The molecule has 1 aromatic carbocycles. The summed E-state index contributed by atoms with van der Waals surface area (Å²) in [6.45, 7) is 4.23. The highest BCUT2D eigenvalue weighted by atomic mass is 16.5. The molecule has 0 saturated carbocycles. The average molecular weight is 285 g/mol. The number of nitrogens with one attached hydrogen (secondary N) is 1. The van der Waals surface area contributed by atoms with Gasteiger partial charge in [0.2, 0.25) is 5.89 Å². The van der Waals surface area contributed by atoms with Crippen molar-refractivity contribution in [2.75, 3.05) is 0 Å². The average Bonchev–Trinajstić information content (AvgIpc) is 3.14. The largest absolute Gasteiger partial charge is 0.338 e. The zero-order chi connectivity index (χ0) is 14.7. The fourth-order valence-corrected chi connectivity index (χ4v) is 1.96. The molecule has 8 heteroatoms. The number of benzene rings is 1. The van der Waals surface area contributed by atoms with Crippen LogP contribution < -0.4 is 5.32 Å². The van der Waals surface area contributed by atoms with Crippen LogP contribution >= 0.6 is 0 Å². The third-order valence-corrected chi connectivity index (χ3v) is 3.01. The fraction of sp³-hybridized carbons (Fsp3) is 0.308. The smallest absolute Gasteiger partial charge is 0.240 e. The van der Waals surface area contributed by atoms with Crippen LogP contribution in [-0.4, -0.2) is 30.3 Å². The lowest BCUT2D eigenvalue weighted by molar-refractivity contribution is 0.355. The lowest BCUT2D eigenvalue weighted by Gasteiger charge is -2.12. The SMILES string of the molecule is Cc1noc(CN[C@H](C)c2nnnn2-c2ccccc2)n1. The third-order valence-electron chi connectivity index (χ3n) is 3.01. The lowest BCUT2D eigenvalue weighted by Crippen LogP contribution is -2.22. The molecule has 0 aliphatic heterocycles. The van der Waals surface area contributed by atoms with E-state index in [0.29, 0.717) is 18.3 Å². The highest BCUT2D eigenvalue weighted by Crippen LogP contribution is 2.14. The molecule has 1 atom stereocenters. The summed E-state index contributed by atoms with van der Waals surface area (Å²) in [5, 5.41) is 18.9. The minimum Gasteiger partial charge on any atom is -0.338 e. The zero-order valence-electron chi connectivity index (χ0n) is 11.8. The summed E-state index contributed by atoms with van der Waals surface area (Å²) in [5.41, 5.74) is 0.916. The van der Waals surface area contributed by atoms with E-state index in [4.69, 9.17) is 4.52 Å². The Labute approximate surface area is 121 Å². The van der Waals surface area contributed by atoms with E-state index in [2.05, 4.69) is 31.0 Å². The monoisotopic (exact) mass is 285 g/mol. The molecule has 0 unspecified atom stereocenters. The van der Waals surface area contributed by atoms with Crippen LogP contribution in [0.1, 0.15) is 30.5 Å². The van der Waals surface area contributed by atoms with Gasteiger partial charge in [0, 0.05) is 0 Å². The van der Waals surface area contributed by atoms with Gasteiger partial charge in [-0.05, 0) is 36.4 Å². The molecule has 0 fully saturated rings. The standard InChI is InChI=1S/C13H15N7O/c1-9(14-8-12-15-10(2)17-21-12)13-16-18-19-20(13)11-6-4-3-5-7-11/h3-7,9,14H,8H2,1-2H3/t9-/m1/s1. The quantitative estimate of drug-likeness (QED) is 0.752. The first-order valence-corrected chi connectivity index (χ1v) is 6.60. The van der Waals surface area contributed by atoms with Crippen LogP contribution in [-0.2, 0) is 6.54 Å². The van der Waals surface area contributed by atoms with Crippen LogP contribution in [0.4, 0.5) is 0 Å². The summed E-state index contributed by atoms with van der Waals surface area (Å²) in [5.74, 6) is 1.88. The first-order valence-electron chi connectivity index (χ1n) is 6.60. The number of hydrogen-bond donors (Lipinski definition) is 1. The number of aryl methyl sites for hydroxylation is 1. The fourth-order valence-electron chi connectivity index (χ4n) is 1.96. The normalized spacial score (nSPS) is 12.5. The highest BCUT2D eigenvalue weighted by molar-refractivity contribution is 5.30. The Hall–Kier alpha value is -2.61. The molecule has 3 rings (SSSR count). The van der Waals surface area contributed by atoms with E-state index in [1.165, 1.54) is 0 Å². The number of para-hydroxylation sites is 1. The summed E-state index contributed by atoms with van der Waals surface area (Å²) in [6, 6.07) is 9.68. The second kappa shape index (κ2) is 5.80. The summed E-state index contributed by atoms with van der Waals surface area (Å²) in [6.07, 6.45) is 0. The molecule has 2 aromatic heterocycles. The van der Waals surface area contributed by atoms with Crippen molar-refractivity contribution in [3.05, 3.63) is 47.9 Å². The van der Waals surface area contributed by atoms with Crippen molar-refractivity contribution in [2.24, 2.45) is 0 Å². The summed E-state index contributed by atoms with van der Waals surface area (Å²) in [7, 11) is 0. The molecule has 0 saturated heterocycles. The Morgan fingerprint density at radius 3 is 2.81 bits per heavy atom. The molecule has 0 aliphatic rings. The van der Waals surface area contributed by atoms with E-state index in [-0.39, 0.29) is 6.04 Å². The van der Waals surface area contributed by atoms with E-state index < -0.39 is 0 Å². The van der Waals surface area contributed by atoms with Crippen molar-refractivity contribution < 1.29 is 4.52 Å². The Bertz CT molecular complexity index is 706. The molecule has 1 N–H and O–H groups in total. The van der Waals surface area contributed by atoms with Gasteiger partial charge in [-0.25, -0.2) is 0 Å². The minimum atomic E-state index is -0.0626. The van der Waals surface area contributed by atoms with E-state index in [1.54, 1.807) is 11.6 Å². The van der Waals surface area contributed by atoms with Crippen LogP contribution in [0.2, 0.25) is 0 Å². The highest BCUT2D eigenvalue weighted by Gasteiger charge is 2.16. The second-order valence-corrected chi connectivity index (χ2v) is 4.62. The maximum atomic E-state index is 5.06. The molecule has 21 heavy (non-hydrogen) atoms. The van der Waals surface area contributed by atoms with Crippen LogP contribution in [0.5, 0.6) is 0 Å². The van der Waals surface area contributed by atoms with E-state index in [9.17, 15) is 0 Å². The number of hydrogen-bond acceptors (Lipinski definition) is 7. The van der Waals surface area contributed by atoms with Crippen molar-refractivity contribution >= 4 is 0 Å². The number of tetrazole rings is 1. The van der Waals surface area contributed by atoms with Gasteiger partial charge >= 0.3 is 0 Å².